The van der Waals surface area contributed by atoms with Gasteiger partial charge in [0.25, 0.3) is 0 Å². The van der Waals surface area contributed by atoms with Crippen molar-refractivity contribution in [3.8, 4) is 17.0 Å². The van der Waals surface area contributed by atoms with Gasteiger partial charge in [-0.15, -0.1) is 0 Å². The van der Waals surface area contributed by atoms with Crippen LogP contribution in [0, 0.1) is 27.7 Å². The number of rotatable bonds is 5. The molecule has 0 saturated heterocycles. The van der Waals surface area contributed by atoms with Crippen molar-refractivity contribution in [2.75, 3.05) is 13.7 Å². The predicted octanol–water partition coefficient (Wildman–Crippen LogP) is 3.02. The number of carbonyl (C=O) groups is 1. The molecule has 178 valence electrons. The number of nitrogens with zero attached hydrogens (tertiary/aromatic N) is 3. The van der Waals surface area contributed by atoms with Crippen molar-refractivity contribution in [3.63, 3.8) is 0 Å². The normalized spacial score (nSPS) is 12.8. The Morgan fingerprint density at radius 3 is 2.44 bits per heavy atom. The molecule has 2 heterocycles. The fourth-order valence-electron chi connectivity index (χ4n) is 4.77. The largest absolute Gasteiger partial charge is 0.496 e. The Hall–Kier alpha value is -3.81. The summed E-state index contributed by atoms with van der Waals surface area (Å²) >= 11 is 0. The molecular weight excluding hydrogens is 430 g/mol. The van der Waals surface area contributed by atoms with E-state index in [1.54, 1.807) is 16.2 Å². The van der Waals surface area contributed by atoms with Crippen LogP contribution in [-0.4, -0.2) is 28.8 Å². The van der Waals surface area contributed by atoms with Gasteiger partial charge in [-0.1, -0.05) is 23.8 Å². The molecule has 8 nitrogen and oxygen atoms in total. The number of nitrogens with one attached hydrogen (secondary N) is 1. The van der Waals surface area contributed by atoms with E-state index in [0.717, 1.165) is 51.4 Å². The second kappa shape index (κ2) is 9.21. The summed E-state index contributed by atoms with van der Waals surface area (Å²) in [5, 5.41) is 2.57. The van der Waals surface area contributed by atoms with Crippen LogP contribution in [0.2, 0.25) is 0 Å². The molecule has 4 rings (SSSR count). The number of aryl methyl sites for hydroxylation is 5. The highest BCUT2D eigenvalue weighted by atomic mass is 16.5. The van der Waals surface area contributed by atoms with Gasteiger partial charge in [-0.05, 0) is 62.4 Å². The smallest absolute Gasteiger partial charge is 0.330 e. The molecule has 0 bridgehead atoms. The number of amides is 2. The quantitative estimate of drug-likeness (QED) is 0.610. The van der Waals surface area contributed by atoms with E-state index >= 15 is 0 Å². The lowest BCUT2D eigenvalue weighted by Crippen LogP contribution is -2.44. The van der Waals surface area contributed by atoms with Crippen molar-refractivity contribution in [1.82, 2.24) is 14.5 Å². The first kappa shape index (κ1) is 23.4. The molecule has 2 aromatic carbocycles. The Kier molecular flexibility index (Phi) is 6.32. The summed E-state index contributed by atoms with van der Waals surface area (Å²) in [5.74, 6) is 0.783. The van der Waals surface area contributed by atoms with Crippen molar-refractivity contribution < 1.29 is 9.53 Å². The third-order valence-electron chi connectivity index (χ3n) is 6.29. The van der Waals surface area contributed by atoms with Crippen LogP contribution in [0.5, 0.6) is 5.75 Å². The maximum absolute atomic E-state index is 13.6. The number of hydrogen-bond acceptors (Lipinski definition) is 4. The van der Waals surface area contributed by atoms with E-state index in [9.17, 15) is 9.59 Å². The third-order valence-corrected chi connectivity index (χ3v) is 6.29. The van der Waals surface area contributed by atoms with Crippen LogP contribution < -0.4 is 27.0 Å². The molecule has 8 heteroatoms. The molecule has 3 N–H and O–H groups in total. The third kappa shape index (κ3) is 4.35. The van der Waals surface area contributed by atoms with Gasteiger partial charge in [0.2, 0.25) is 0 Å². The maximum Gasteiger partial charge on any atom is 0.330 e. The molecule has 0 saturated carbocycles. The highest BCUT2D eigenvalue weighted by molar-refractivity contribution is 5.71. The van der Waals surface area contributed by atoms with Crippen LogP contribution >= 0.6 is 0 Å². The molecule has 1 aliphatic heterocycles. The molecule has 1 aromatic heterocycles. The van der Waals surface area contributed by atoms with Gasteiger partial charge in [0, 0.05) is 31.3 Å². The summed E-state index contributed by atoms with van der Waals surface area (Å²) in [6.07, 6.45) is 0.749. The van der Waals surface area contributed by atoms with Crippen LogP contribution in [0.3, 0.4) is 0 Å². The van der Waals surface area contributed by atoms with Gasteiger partial charge < -0.3 is 15.8 Å². The van der Waals surface area contributed by atoms with Gasteiger partial charge in [-0.3, -0.25) is 9.13 Å². The zero-order chi connectivity index (χ0) is 24.6. The van der Waals surface area contributed by atoms with Gasteiger partial charge in [0.15, 0.2) is 0 Å². The molecule has 2 amide bonds. The molecule has 0 fully saturated rings. The molecule has 0 atom stereocenters. The van der Waals surface area contributed by atoms with Crippen molar-refractivity contribution >= 4 is 11.7 Å². The van der Waals surface area contributed by atoms with Gasteiger partial charge in [0.05, 0.1) is 18.5 Å². The topological polar surface area (TPSA) is 104 Å². The lowest BCUT2D eigenvalue weighted by molar-refractivity contribution is 0.248. The van der Waals surface area contributed by atoms with Crippen LogP contribution in [-0.2, 0) is 19.5 Å². The van der Waals surface area contributed by atoms with E-state index in [1.165, 1.54) is 5.56 Å². The van der Waals surface area contributed by atoms with E-state index < -0.39 is 6.03 Å². The molecule has 34 heavy (non-hydrogen) atoms. The number of nitrogens with two attached hydrogens (primary N) is 1. The Bertz CT molecular complexity index is 1390. The zero-order valence-corrected chi connectivity index (χ0v) is 20.4. The molecular formula is C26H31N5O3. The number of urea groups is 1. The SMILES string of the molecule is COc1cc2c(cc1C)CCn1c-2cc(=Nc2c(C)cc(C)cc2C)n(CCNC(N)=O)c1=O. The summed E-state index contributed by atoms with van der Waals surface area (Å²) in [6, 6.07) is 9.62. The molecule has 1 aliphatic rings. The molecule has 3 aromatic rings. The Morgan fingerprint density at radius 2 is 1.79 bits per heavy atom. The Labute approximate surface area is 198 Å². The molecule has 0 unspecified atom stereocenters. The lowest BCUT2D eigenvalue weighted by atomic mass is 9.95. The van der Waals surface area contributed by atoms with Gasteiger partial charge in [0.1, 0.15) is 11.2 Å². The molecule has 0 radical (unpaired) electrons. The fraction of sp³-hybridized carbons (Fsp3) is 0.346. The average molecular weight is 462 g/mol. The number of carbonyl (C=O) groups excluding carboxylic acids is 1. The first-order valence-corrected chi connectivity index (χ1v) is 11.4. The Balaban J connectivity index is 1.98. The second-order valence-electron chi connectivity index (χ2n) is 8.85. The van der Waals surface area contributed by atoms with Crippen LogP contribution in [0.4, 0.5) is 10.5 Å². The minimum absolute atomic E-state index is 0.171. The average Bonchev–Trinajstić information content (AvgIpc) is 2.77. The summed E-state index contributed by atoms with van der Waals surface area (Å²) in [6.45, 7) is 9.17. The second-order valence-corrected chi connectivity index (χ2v) is 8.85. The first-order valence-electron chi connectivity index (χ1n) is 11.4. The standard InChI is InChI=1S/C26H31N5O3/c1-15-10-17(3)24(18(4)11-15)29-23-14-21-20-13-22(34-5)16(2)12-19(20)6-8-30(21)26(33)31(23)9-7-28-25(27)32/h10-14H,6-9H2,1-5H3,(H3,27,28,32). The van der Waals surface area contributed by atoms with Crippen molar-refractivity contribution in [2.45, 2.75) is 47.2 Å². The van der Waals surface area contributed by atoms with Gasteiger partial charge >= 0.3 is 11.7 Å². The monoisotopic (exact) mass is 461 g/mol. The molecule has 0 aliphatic carbocycles. The van der Waals surface area contributed by atoms with Crippen LogP contribution in [0.15, 0.2) is 40.1 Å². The number of benzene rings is 2. The minimum atomic E-state index is -0.626. The number of hydrogen-bond donors (Lipinski definition) is 2. The fourth-order valence-corrected chi connectivity index (χ4v) is 4.77. The van der Waals surface area contributed by atoms with E-state index in [2.05, 4.69) is 30.4 Å². The zero-order valence-electron chi connectivity index (χ0n) is 20.4. The molecule has 0 spiro atoms. The number of ether oxygens (including phenoxy) is 1. The predicted molar refractivity (Wildman–Crippen MR) is 133 cm³/mol. The number of fused-ring (bicyclic) bond motifs is 3. The van der Waals surface area contributed by atoms with Gasteiger partial charge in [-0.2, -0.15) is 0 Å². The highest BCUT2D eigenvalue weighted by Gasteiger charge is 2.21. The summed E-state index contributed by atoms with van der Waals surface area (Å²) in [7, 11) is 1.65. The first-order chi connectivity index (χ1) is 16.2. The Morgan fingerprint density at radius 1 is 1.09 bits per heavy atom. The van der Waals surface area contributed by atoms with E-state index in [1.807, 2.05) is 32.9 Å². The summed E-state index contributed by atoms with van der Waals surface area (Å²) < 4.78 is 8.93. The van der Waals surface area contributed by atoms with Crippen LogP contribution in [0.25, 0.3) is 11.3 Å². The number of methoxy groups -OCH3 is 1. The highest BCUT2D eigenvalue weighted by Crippen LogP contribution is 2.33. The van der Waals surface area contributed by atoms with Crippen molar-refractivity contribution in [3.05, 3.63) is 74.1 Å². The minimum Gasteiger partial charge on any atom is -0.496 e. The maximum atomic E-state index is 13.6. The van der Waals surface area contributed by atoms with Crippen molar-refractivity contribution in [2.24, 2.45) is 10.7 Å². The van der Waals surface area contributed by atoms with E-state index in [0.29, 0.717) is 12.0 Å². The van der Waals surface area contributed by atoms with Crippen LogP contribution in [0.1, 0.15) is 27.8 Å². The van der Waals surface area contributed by atoms with E-state index in [-0.39, 0.29) is 18.8 Å². The number of aromatic nitrogens is 2. The van der Waals surface area contributed by atoms with Gasteiger partial charge in [-0.25, -0.2) is 14.6 Å². The summed E-state index contributed by atoms with van der Waals surface area (Å²) in [5.41, 5.74) is 13.7. The summed E-state index contributed by atoms with van der Waals surface area (Å²) in [4.78, 5) is 29.8. The van der Waals surface area contributed by atoms with E-state index in [4.69, 9.17) is 15.5 Å². The number of primary amides is 1. The van der Waals surface area contributed by atoms with Crippen molar-refractivity contribution in [1.29, 1.82) is 0 Å². The lowest BCUT2D eigenvalue weighted by Gasteiger charge is -2.24.